The summed E-state index contributed by atoms with van der Waals surface area (Å²) in [5.74, 6) is -0.209. The lowest BCUT2D eigenvalue weighted by Crippen LogP contribution is -2.07. The molecule has 0 saturated carbocycles. The lowest BCUT2D eigenvalue weighted by molar-refractivity contribution is 0.121. The van der Waals surface area contributed by atoms with Crippen LogP contribution in [0.3, 0.4) is 0 Å². The van der Waals surface area contributed by atoms with Gasteiger partial charge in [0.1, 0.15) is 5.82 Å². The van der Waals surface area contributed by atoms with Gasteiger partial charge in [0.25, 0.3) is 0 Å². The highest BCUT2D eigenvalue weighted by Crippen LogP contribution is 2.14. The van der Waals surface area contributed by atoms with E-state index in [0.29, 0.717) is 18.8 Å². The number of ether oxygens (including phenoxy) is 1. The summed E-state index contributed by atoms with van der Waals surface area (Å²) in [7, 11) is 1.87. The van der Waals surface area contributed by atoms with Crippen LogP contribution >= 0.6 is 11.3 Å². The summed E-state index contributed by atoms with van der Waals surface area (Å²) in [6, 6.07) is 5.14. The van der Waals surface area contributed by atoms with Gasteiger partial charge in [-0.2, -0.15) is 0 Å². The second kappa shape index (κ2) is 7.47. The number of hydrogen-bond donors (Lipinski definition) is 1. The SMILES string of the molecule is CNCc1ccc(F)c(COCCc2scnc2C)c1. The summed E-state index contributed by atoms with van der Waals surface area (Å²) >= 11 is 1.63. The van der Waals surface area contributed by atoms with Crippen molar-refractivity contribution >= 4 is 11.3 Å². The first-order valence-electron chi connectivity index (χ1n) is 6.59. The Bertz CT molecular complexity index is 557. The molecule has 2 aromatic rings. The van der Waals surface area contributed by atoms with Crippen molar-refractivity contribution in [3.05, 3.63) is 51.2 Å². The molecule has 0 atom stereocenters. The fourth-order valence-electron chi connectivity index (χ4n) is 1.97. The molecule has 0 spiro atoms. The van der Waals surface area contributed by atoms with Crippen LogP contribution in [0.4, 0.5) is 4.39 Å². The van der Waals surface area contributed by atoms with E-state index < -0.39 is 0 Å². The number of thiazole rings is 1. The molecule has 2 rings (SSSR count). The largest absolute Gasteiger partial charge is 0.376 e. The molecule has 0 bridgehead atoms. The Morgan fingerprint density at radius 1 is 1.40 bits per heavy atom. The Morgan fingerprint density at radius 2 is 2.25 bits per heavy atom. The monoisotopic (exact) mass is 294 g/mol. The first-order chi connectivity index (χ1) is 9.70. The second-order valence-corrected chi connectivity index (χ2v) is 5.56. The quantitative estimate of drug-likeness (QED) is 0.797. The van der Waals surface area contributed by atoms with Gasteiger partial charge in [-0.15, -0.1) is 11.3 Å². The molecule has 0 unspecified atom stereocenters. The molecule has 0 fully saturated rings. The average Bonchev–Trinajstić information content (AvgIpc) is 2.84. The van der Waals surface area contributed by atoms with Crippen molar-refractivity contribution in [3.8, 4) is 0 Å². The van der Waals surface area contributed by atoms with E-state index in [9.17, 15) is 4.39 Å². The third kappa shape index (κ3) is 4.10. The Kier molecular flexibility index (Phi) is 5.64. The van der Waals surface area contributed by atoms with Crippen molar-refractivity contribution < 1.29 is 9.13 Å². The summed E-state index contributed by atoms with van der Waals surface area (Å²) < 4.78 is 19.2. The molecule has 3 nitrogen and oxygen atoms in total. The number of rotatable bonds is 7. The molecule has 108 valence electrons. The number of hydrogen-bond acceptors (Lipinski definition) is 4. The van der Waals surface area contributed by atoms with Crippen LogP contribution in [0, 0.1) is 12.7 Å². The normalized spacial score (nSPS) is 10.9. The van der Waals surface area contributed by atoms with Crippen molar-refractivity contribution in [2.24, 2.45) is 0 Å². The van der Waals surface area contributed by atoms with E-state index in [1.165, 1.54) is 10.9 Å². The molecule has 20 heavy (non-hydrogen) atoms. The number of nitrogens with zero attached hydrogens (tertiary/aromatic N) is 1. The van der Waals surface area contributed by atoms with Crippen molar-refractivity contribution in [2.75, 3.05) is 13.7 Å². The maximum atomic E-state index is 13.7. The zero-order chi connectivity index (χ0) is 14.4. The second-order valence-electron chi connectivity index (χ2n) is 4.62. The number of halogens is 1. The van der Waals surface area contributed by atoms with E-state index in [1.807, 2.05) is 25.5 Å². The minimum atomic E-state index is -0.209. The average molecular weight is 294 g/mol. The van der Waals surface area contributed by atoms with E-state index in [1.54, 1.807) is 17.4 Å². The van der Waals surface area contributed by atoms with Crippen molar-refractivity contribution in [1.82, 2.24) is 10.3 Å². The lowest BCUT2D eigenvalue weighted by atomic mass is 10.1. The van der Waals surface area contributed by atoms with Crippen LogP contribution in [-0.4, -0.2) is 18.6 Å². The Labute approximate surface area is 122 Å². The topological polar surface area (TPSA) is 34.1 Å². The summed E-state index contributed by atoms with van der Waals surface area (Å²) in [6.07, 6.45) is 0.828. The first kappa shape index (κ1) is 15.1. The van der Waals surface area contributed by atoms with Gasteiger partial charge < -0.3 is 10.1 Å². The Morgan fingerprint density at radius 3 is 2.95 bits per heavy atom. The minimum absolute atomic E-state index is 0.209. The van der Waals surface area contributed by atoms with Crippen LogP contribution in [0.1, 0.15) is 21.7 Å². The standard InChI is InChI=1S/C15H19FN2OS/c1-11-15(20-10-18-11)5-6-19-9-13-7-12(8-17-2)3-4-14(13)16/h3-4,7,10,17H,5-6,8-9H2,1-2H3. The van der Waals surface area contributed by atoms with Gasteiger partial charge in [-0.3, -0.25) is 0 Å². The molecule has 0 aliphatic carbocycles. The highest BCUT2D eigenvalue weighted by molar-refractivity contribution is 7.09. The highest BCUT2D eigenvalue weighted by Gasteiger charge is 2.05. The van der Waals surface area contributed by atoms with E-state index in [4.69, 9.17) is 4.74 Å². The molecule has 5 heteroatoms. The molecule has 1 aromatic heterocycles. The maximum absolute atomic E-state index is 13.7. The van der Waals surface area contributed by atoms with Crippen molar-refractivity contribution in [2.45, 2.75) is 26.5 Å². The van der Waals surface area contributed by atoms with Crippen molar-refractivity contribution in [3.63, 3.8) is 0 Å². The molecule has 1 aromatic carbocycles. The number of nitrogens with one attached hydrogen (secondary N) is 1. The third-order valence-electron chi connectivity index (χ3n) is 3.07. The number of aromatic nitrogens is 1. The summed E-state index contributed by atoms with van der Waals surface area (Å²) in [6.45, 7) is 3.61. The molecule has 0 aliphatic rings. The van der Waals surface area contributed by atoms with Gasteiger partial charge in [-0.1, -0.05) is 6.07 Å². The van der Waals surface area contributed by atoms with Gasteiger partial charge in [0.15, 0.2) is 0 Å². The van der Waals surface area contributed by atoms with E-state index in [0.717, 1.165) is 24.2 Å². The van der Waals surface area contributed by atoms with E-state index in [-0.39, 0.29) is 5.82 Å². The van der Waals surface area contributed by atoms with Crippen LogP contribution in [0.5, 0.6) is 0 Å². The zero-order valence-electron chi connectivity index (χ0n) is 11.8. The third-order valence-corrected chi connectivity index (χ3v) is 4.06. The fraction of sp³-hybridized carbons (Fsp3) is 0.400. The lowest BCUT2D eigenvalue weighted by Gasteiger charge is -2.08. The van der Waals surface area contributed by atoms with Gasteiger partial charge in [-0.05, 0) is 31.7 Å². The molecule has 0 radical (unpaired) electrons. The predicted octanol–water partition coefficient (Wildman–Crippen LogP) is 3.07. The van der Waals surface area contributed by atoms with Crippen LogP contribution in [0.15, 0.2) is 23.7 Å². The van der Waals surface area contributed by atoms with Gasteiger partial charge in [-0.25, -0.2) is 9.37 Å². The Hall–Kier alpha value is -1.30. The first-order valence-corrected chi connectivity index (χ1v) is 7.47. The van der Waals surface area contributed by atoms with Crippen LogP contribution in [0.25, 0.3) is 0 Å². The molecule has 1 heterocycles. The minimum Gasteiger partial charge on any atom is -0.376 e. The smallest absolute Gasteiger partial charge is 0.128 e. The van der Waals surface area contributed by atoms with Gasteiger partial charge in [0, 0.05) is 23.4 Å². The van der Waals surface area contributed by atoms with Gasteiger partial charge in [0.2, 0.25) is 0 Å². The van der Waals surface area contributed by atoms with Crippen LogP contribution in [-0.2, 0) is 24.3 Å². The molecule has 0 saturated heterocycles. The highest BCUT2D eigenvalue weighted by atomic mass is 32.1. The number of aryl methyl sites for hydroxylation is 1. The van der Waals surface area contributed by atoms with Gasteiger partial charge in [0.05, 0.1) is 24.4 Å². The Balaban J connectivity index is 1.84. The number of benzene rings is 1. The summed E-state index contributed by atoms with van der Waals surface area (Å²) in [5, 5.41) is 3.05. The molecule has 0 amide bonds. The van der Waals surface area contributed by atoms with Crippen LogP contribution < -0.4 is 5.32 Å². The summed E-state index contributed by atoms with van der Waals surface area (Å²) in [5.41, 5.74) is 4.57. The molecule has 1 N–H and O–H groups in total. The van der Waals surface area contributed by atoms with E-state index >= 15 is 0 Å². The van der Waals surface area contributed by atoms with E-state index in [2.05, 4.69) is 10.3 Å². The fourth-order valence-corrected chi connectivity index (χ4v) is 2.73. The summed E-state index contributed by atoms with van der Waals surface area (Å²) in [4.78, 5) is 5.43. The van der Waals surface area contributed by atoms with Crippen LogP contribution in [0.2, 0.25) is 0 Å². The maximum Gasteiger partial charge on any atom is 0.128 e. The molecular weight excluding hydrogens is 275 g/mol. The van der Waals surface area contributed by atoms with Gasteiger partial charge >= 0.3 is 0 Å². The molecule has 0 aliphatic heterocycles. The van der Waals surface area contributed by atoms with Crippen molar-refractivity contribution in [1.29, 1.82) is 0 Å². The molecular formula is C15H19FN2OS. The zero-order valence-corrected chi connectivity index (χ0v) is 12.6. The predicted molar refractivity (Wildman–Crippen MR) is 79.4 cm³/mol.